The molecule has 24 heavy (non-hydrogen) atoms. The molecule has 1 N–H and O–H groups in total. The highest BCUT2D eigenvalue weighted by Gasteiger charge is 2.36. The lowest BCUT2D eigenvalue weighted by Gasteiger charge is -2.28. The van der Waals surface area contributed by atoms with Crippen molar-refractivity contribution >= 4 is 11.6 Å². The van der Waals surface area contributed by atoms with Crippen molar-refractivity contribution in [3.63, 3.8) is 0 Å². The lowest BCUT2D eigenvalue weighted by Crippen LogP contribution is -2.36. The Morgan fingerprint density at radius 1 is 1.29 bits per heavy atom. The van der Waals surface area contributed by atoms with Gasteiger partial charge in [0.25, 0.3) is 5.91 Å². The summed E-state index contributed by atoms with van der Waals surface area (Å²) in [7, 11) is 0. The third kappa shape index (κ3) is 3.23. The normalized spacial score (nSPS) is 19.1. The Balaban J connectivity index is 1.49. The number of aromatic nitrogens is 3. The highest BCUT2D eigenvalue weighted by Crippen LogP contribution is 2.40. The molecule has 0 bridgehead atoms. The zero-order valence-electron chi connectivity index (χ0n) is 13.2. The number of carbonyl (C=O) groups excluding carboxylic acids is 1. The fraction of sp³-hybridized carbons (Fsp3) is 0.500. The van der Waals surface area contributed by atoms with Crippen molar-refractivity contribution in [2.45, 2.75) is 18.9 Å². The molecular weight excluding hydrogens is 310 g/mol. The first-order chi connectivity index (χ1) is 11.8. The quantitative estimate of drug-likeness (QED) is 0.880. The molecule has 2 aliphatic rings. The Kier molecular flexibility index (Phi) is 4.12. The highest BCUT2D eigenvalue weighted by atomic mass is 16.5. The average Bonchev–Trinajstić information content (AvgIpc) is 3.34. The summed E-state index contributed by atoms with van der Waals surface area (Å²) >= 11 is 0. The first-order valence-electron chi connectivity index (χ1n) is 8.16. The van der Waals surface area contributed by atoms with Gasteiger partial charge < -0.3 is 19.5 Å². The molecule has 2 fully saturated rings. The maximum Gasteiger partial charge on any atom is 0.253 e. The van der Waals surface area contributed by atoms with Crippen LogP contribution in [0.1, 0.15) is 35.1 Å². The van der Waals surface area contributed by atoms with E-state index in [1.54, 1.807) is 12.4 Å². The predicted octanol–water partition coefficient (Wildman–Crippen LogP) is 1.18. The van der Waals surface area contributed by atoms with Gasteiger partial charge in [-0.1, -0.05) is 5.16 Å². The van der Waals surface area contributed by atoms with Gasteiger partial charge in [-0.05, 0) is 24.8 Å². The Labute approximate surface area is 139 Å². The summed E-state index contributed by atoms with van der Waals surface area (Å²) < 4.78 is 10.2. The zero-order chi connectivity index (χ0) is 16.4. The summed E-state index contributed by atoms with van der Waals surface area (Å²) in [5.41, 5.74) is 1.47. The molecule has 1 aliphatic heterocycles. The van der Waals surface area contributed by atoms with E-state index in [0.717, 1.165) is 31.6 Å². The van der Waals surface area contributed by atoms with Crippen LogP contribution in [0, 0.1) is 5.92 Å². The van der Waals surface area contributed by atoms with E-state index < -0.39 is 0 Å². The van der Waals surface area contributed by atoms with Crippen molar-refractivity contribution in [1.29, 1.82) is 0 Å². The number of morpholine rings is 1. The molecule has 2 aromatic heterocycles. The van der Waals surface area contributed by atoms with E-state index in [2.05, 4.69) is 25.3 Å². The second-order valence-corrected chi connectivity index (χ2v) is 6.11. The number of ether oxygens (including phenoxy) is 1. The summed E-state index contributed by atoms with van der Waals surface area (Å²) in [6, 6.07) is 1.66. The van der Waals surface area contributed by atoms with Crippen LogP contribution in [0.25, 0.3) is 0 Å². The van der Waals surface area contributed by atoms with Crippen LogP contribution in [0.4, 0.5) is 5.69 Å². The van der Waals surface area contributed by atoms with Crippen LogP contribution in [-0.4, -0.2) is 47.3 Å². The molecule has 1 unspecified atom stereocenters. The van der Waals surface area contributed by atoms with E-state index in [4.69, 9.17) is 9.26 Å². The van der Waals surface area contributed by atoms with Gasteiger partial charge in [0.05, 0.1) is 36.7 Å². The second kappa shape index (κ2) is 6.56. The first kappa shape index (κ1) is 15.1. The maximum atomic E-state index is 12.6. The molecular formula is C16H19N5O3. The summed E-state index contributed by atoms with van der Waals surface area (Å²) in [6.07, 6.45) is 6.77. The van der Waals surface area contributed by atoms with Crippen molar-refractivity contribution in [3.05, 3.63) is 36.2 Å². The molecule has 4 rings (SSSR count). The van der Waals surface area contributed by atoms with E-state index in [1.165, 1.54) is 6.39 Å². The Morgan fingerprint density at radius 3 is 2.83 bits per heavy atom. The molecule has 1 amide bonds. The number of hydrogen-bond acceptors (Lipinski definition) is 7. The van der Waals surface area contributed by atoms with Gasteiger partial charge in [0, 0.05) is 19.3 Å². The van der Waals surface area contributed by atoms with Crippen molar-refractivity contribution in [1.82, 2.24) is 20.4 Å². The predicted molar refractivity (Wildman–Crippen MR) is 84.5 cm³/mol. The largest absolute Gasteiger partial charge is 0.378 e. The molecule has 1 saturated heterocycles. The van der Waals surface area contributed by atoms with Gasteiger partial charge in [0.15, 0.2) is 5.82 Å². The van der Waals surface area contributed by atoms with Crippen LogP contribution in [-0.2, 0) is 4.74 Å². The van der Waals surface area contributed by atoms with Gasteiger partial charge in [-0.25, -0.2) is 0 Å². The van der Waals surface area contributed by atoms with Crippen molar-refractivity contribution < 1.29 is 14.1 Å². The fourth-order valence-corrected chi connectivity index (χ4v) is 2.91. The van der Waals surface area contributed by atoms with Gasteiger partial charge in [0.1, 0.15) is 0 Å². The van der Waals surface area contributed by atoms with E-state index in [-0.39, 0.29) is 11.9 Å². The Hall–Kier alpha value is -2.48. The molecule has 1 atom stereocenters. The van der Waals surface area contributed by atoms with Gasteiger partial charge in [-0.15, -0.1) is 0 Å². The highest BCUT2D eigenvalue weighted by molar-refractivity contribution is 5.95. The lowest BCUT2D eigenvalue weighted by atomic mass is 10.1. The number of nitrogens with zero attached hydrogens (tertiary/aromatic N) is 4. The zero-order valence-corrected chi connectivity index (χ0v) is 13.2. The van der Waals surface area contributed by atoms with Crippen molar-refractivity contribution in [3.8, 4) is 0 Å². The fourth-order valence-electron chi connectivity index (χ4n) is 2.91. The van der Waals surface area contributed by atoms with Crippen LogP contribution in [0.5, 0.6) is 0 Å². The monoisotopic (exact) mass is 329 g/mol. The van der Waals surface area contributed by atoms with Crippen molar-refractivity contribution in [2.24, 2.45) is 5.92 Å². The molecule has 3 heterocycles. The summed E-state index contributed by atoms with van der Waals surface area (Å²) in [4.78, 5) is 23.1. The van der Waals surface area contributed by atoms with Crippen LogP contribution in [0.3, 0.4) is 0 Å². The molecule has 126 valence electrons. The molecule has 8 heteroatoms. The number of amides is 1. The topological polar surface area (TPSA) is 93.4 Å². The summed E-state index contributed by atoms with van der Waals surface area (Å²) in [6.45, 7) is 3.00. The van der Waals surface area contributed by atoms with Crippen LogP contribution < -0.4 is 10.2 Å². The van der Waals surface area contributed by atoms with Crippen LogP contribution in [0.2, 0.25) is 0 Å². The summed E-state index contributed by atoms with van der Waals surface area (Å²) in [5, 5.41) is 6.90. The Morgan fingerprint density at radius 2 is 2.12 bits per heavy atom. The van der Waals surface area contributed by atoms with Gasteiger partial charge in [0.2, 0.25) is 6.39 Å². The third-order valence-electron chi connectivity index (χ3n) is 4.40. The van der Waals surface area contributed by atoms with E-state index in [9.17, 15) is 4.79 Å². The minimum Gasteiger partial charge on any atom is -0.378 e. The standard InChI is InChI=1S/C16H19N5O3/c22-16(19-14(11-1-2-11)15-18-10-24-20-15)12-7-13(9-17-8-12)21-3-5-23-6-4-21/h7-11,14H,1-6H2,(H,19,22). The minimum absolute atomic E-state index is 0.167. The minimum atomic E-state index is -0.205. The average molecular weight is 329 g/mol. The SMILES string of the molecule is O=C(NC(c1ncon1)C1CC1)c1cncc(N2CCOCC2)c1. The van der Waals surface area contributed by atoms with Crippen LogP contribution >= 0.6 is 0 Å². The third-order valence-corrected chi connectivity index (χ3v) is 4.40. The molecule has 1 saturated carbocycles. The number of hydrogen-bond donors (Lipinski definition) is 1. The van der Waals surface area contributed by atoms with E-state index >= 15 is 0 Å². The van der Waals surface area contributed by atoms with Crippen LogP contribution in [0.15, 0.2) is 29.4 Å². The Bertz CT molecular complexity index is 695. The van der Waals surface area contributed by atoms with Gasteiger partial charge >= 0.3 is 0 Å². The van der Waals surface area contributed by atoms with Gasteiger partial charge in [-0.3, -0.25) is 9.78 Å². The number of rotatable bonds is 5. The molecule has 8 nitrogen and oxygen atoms in total. The first-order valence-corrected chi connectivity index (χ1v) is 8.16. The number of pyridine rings is 1. The van der Waals surface area contributed by atoms with E-state index in [1.807, 2.05) is 6.07 Å². The number of carbonyl (C=O) groups is 1. The number of nitrogens with one attached hydrogen (secondary N) is 1. The maximum absolute atomic E-state index is 12.6. The summed E-state index contributed by atoms with van der Waals surface area (Å²) in [5.74, 6) is 0.740. The molecule has 2 aromatic rings. The molecule has 1 aliphatic carbocycles. The van der Waals surface area contributed by atoms with E-state index in [0.29, 0.717) is 30.5 Å². The van der Waals surface area contributed by atoms with Crippen molar-refractivity contribution in [2.75, 3.05) is 31.2 Å². The molecule has 0 aromatic carbocycles. The second-order valence-electron chi connectivity index (χ2n) is 6.11. The number of anilines is 1. The van der Waals surface area contributed by atoms with Gasteiger partial charge in [-0.2, -0.15) is 4.98 Å². The lowest BCUT2D eigenvalue weighted by molar-refractivity contribution is 0.0928. The molecule has 0 radical (unpaired) electrons. The smallest absolute Gasteiger partial charge is 0.253 e. The molecule has 0 spiro atoms.